The molecule has 2 aliphatic rings. The molecule has 13 rings (SSSR count). The number of nitrogens with zero attached hydrogens (tertiary/aromatic N) is 2. The average Bonchev–Trinajstić information content (AvgIpc) is 0.799. The van der Waals surface area contributed by atoms with E-state index in [1.165, 1.54) is 17.8 Å². The Balaban J connectivity index is 0.000000155. The molecule has 0 saturated carbocycles. The first-order valence-electron chi connectivity index (χ1n) is 27.2. The van der Waals surface area contributed by atoms with Crippen molar-refractivity contribution in [2.24, 2.45) is 0 Å². The van der Waals surface area contributed by atoms with E-state index in [0.717, 1.165) is 44.8 Å². The van der Waals surface area contributed by atoms with Gasteiger partial charge in [-0.2, -0.15) is 0 Å². The van der Waals surface area contributed by atoms with Crippen LogP contribution in [0.5, 0.6) is 0 Å². The molecule has 4 nitrogen and oxygen atoms in total. The Morgan fingerprint density at radius 3 is 0.574 bits per heavy atom. The predicted molar refractivity (Wildman–Crippen MR) is 312 cm³/mol. The zero-order valence-electron chi connectivity index (χ0n) is 46.9. The second-order valence-corrected chi connectivity index (χ2v) is 25.0. The zero-order valence-corrected chi connectivity index (χ0v) is 48.1. The standard InChI is InChI=1S/C24BF20.C20H14N4.4C6H5.Mn/c26-5-1(6(27)14(35)21(42)13(5)34)25(2-7(28)15(36)22(43)16(37)8(2)29,3-9(30)17(38)23(44)18(39)10(3)31)4-11(32)19(40)24(45)20(41)12(4)33;1-2-14-10-16-5-6-18(23-16)12-20-8-7-19(24-20)11-17-4-3-15(22-17)9-13(1)21-14;4*1-2-4-6-5-3-1;/h;1-12,21,24H;4*1-5H;/q-1;;;;;;-2. The van der Waals surface area contributed by atoms with E-state index in [-0.39, 0.29) is 0 Å². The molecule has 8 aromatic carbocycles. The molecule has 0 saturated heterocycles. The number of rotatable bonds is 8. The van der Waals surface area contributed by atoms with Gasteiger partial charge in [0.05, 0.1) is 22.8 Å². The van der Waals surface area contributed by atoms with Crippen LogP contribution in [-0.2, 0) is 12.8 Å². The van der Waals surface area contributed by atoms with Gasteiger partial charge in [0.1, 0.15) is 52.7 Å². The maximum atomic E-state index is 15.4. The summed E-state index contributed by atoms with van der Waals surface area (Å²) in [4.78, 5) is 16.0. The van der Waals surface area contributed by atoms with Crippen molar-refractivity contribution in [1.82, 2.24) is 19.9 Å². The molecule has 94 heavy (non-hydrogen) atoms. The minimum absolute atomic E-state index is 0.939. The second-order valence-electron chi connectivity index (χ2n) is 20.5. The average molecular weight is 1350 g/mol. The Bertz CT molecular complexity index is 4310. The van der Waals surface area contributed by atoms with Gasteiger partial charge in [0.15, 0.2) is 69.8 Å². The van der Waals surface area contributed by atoms with E-state index >= 15 is 35.1 Å². The third kappa shape index (κ3) is 11.2. The SMILES string of the molecule is C1=Cc2cc3ccc(cc4nc(cc5ccc(cc1n2)[nH]5)C=C4)[nH]3.Fc1c(F)c(F)c([B-](c2c(F)c(F)c(F)c(F)c2F)(c2c(F)c(F)c(F)c(F)c2F)c2c(F)c(F)c(F)c(F)c2F)c(F)c1F.c1cc[c]([Mn-2]([c]2ccccc2)([c]2ccccc2)[c]2ccccc2)cc1. The Hall–Kier alpha value is -10.5. The van der Waals surface area contributed by atoms with Gasteiger partial charge in [-0.05, 0) is 72.8 Å². The summed E-state index contributed by atoms with van der Waals surface area (Å²) in [6.07, 6.45) is 0.873. The van der Waals surface area contributed by atoms with Gasteiger partial charge < -0.3 is 9.97 Å². The number of benzene rings is 8. The first-order valence-corrected chi connectivity index (χ1v) is 29.5. The third-order valence-corrected chi connectivity index (χ3v) is 20.7. The number of nitrogens with one attached hydrogen (secondary N) is 2. The molecule has 5 heterocycles. The third-order valence-electron chi connectivity index (χ3n) is 15.0. The molecule has 2 aliphatic heterocycles. The van der Waals surface area contributed by atoms with Gasteiger partial charge in [-0.1, -0.05) is 0 Å². The van der Waals surface area contributed by atoms with Crippen molar-refractivity contribution in [2.75, 3.05) is 0 Å². The number of H-pyrrole nitrogens is 2. The van der Waals surface area contributed by atoms with Crippen molar-refractivity contribution in [3.05, 3.63) is 309 Å². The molecule has 0 amide bonds. The van der Waals surface area contributed by atoms with Crippen LogP contribution in [0.15, 0.2) is 170 Å². The van der Waals surface area contributed by atoms with E-state index in [9.17, 15) is 52.7 Å². The predicted octanol–water partition coefficient (Wildman–Crippen LogP) is 13.9. The Morgan fingerprint density at radius 2 is 0.394 bits per heavy atom. The minimum atomic E-state index is -7.22. The van der Waals surface area contributed by atoms with Crippen molar-refractivity contribution in [3.8, 4) is 0 Å². The van der Waals surface area contributed by atoms with Crippen LogP contribution >= 0.6 is 0 Å². The van der Waals surface area contributed by atoms with Crippen LogP contribution in [-0.4, -0.2) is 26.1 Å². The number of fused-ring (bicyclic) bond motifs is 8. The van der Waals surface area contributed by atoms with E-state index in [0.29, 0.717) is 0 Å². The fourth-order valence-corrected chi connectivity index (χ4v) is 16.6. The van der Waals surface area contributed by atoms with E-state index in [1.54, 1.807) is 0 Å². The summed E-state index contributed by atoms with van der Waals surface area (Å²) in [5.41, 5.74) is -6.47. The van der Waals surface area contributed by atoms with Gasteiger partial charge in [-0.25, -0.2) is 97.8 Å². The molecule has 0 atom stereocenters. The fourth-order valence-electron chi connectivity index (χ4n) is 11.0. The molecule has 0 radical (unpaired) electrons. The van der Waals surface area contributed by atoms with Gasteiger partial charge >= 0.3 is 152 Å². The second kappa shape index (κ2) is 25.9. The Labute approximate surface area is 519 Å². The van der Waals surface area contributed by atoms with Crippen LogP contribution in [0.2, 0.25) is 0 Å². The molecule has 479 valence electrons. The van der Waals surface area contributed by atoms with E-state index in [2.05, 4.69) is 166 Å². The normalized spacial score (nSPS) is 12.1. The molecule has 11 aromatic rings. The summed E-state index contributed by atoms with van der Waals surface area (Å²) >= 11 is -2.32. The fraction of sp³-hybridized carbons (Fsp3) is 0. The first-order chi connectivity index (χ1) is 44.9. The van der Waals surface area contributed by atoms with Crippen molar-refractivity contribution >= 4 is 92.2 Å². The van der Waals surface area contributed by atoms with Crippen molar-refractivity contribution in [3.63, 3.8) is 0 Å². The first kappa shape index (κ1) is 65.1. The summed E-state index contributed by atoms with van der Waals surface area (Å²) in [5.74, 6) is -71.4. The topological polar surface area (TPSA) is 57.4 Å². The van der Waals surface area contributed by atoms with E-state index in [4.69, 9.17) is 0 Å². The van der Waals surface area contributed by atoms with Gasteiger partial charge in [0.25, 0.3) is 0 Å². The molecule has 0 fully saturated rings. The summed E-state index contributed by atoms with van der Waals surface area (Å²) < 4.78 is 300. The maximum absolute atomic E-state index is 15.4. The van der Waals surface area contributed by atoms with E-state index in [1.807, 2.05) is 48.6 Å². The number of hydrogen-bond donors (Lipinski definition) is 2. The van der Waals surface area contributed by atoms with Gasteiger partial charge in [-0.3, -0.25) is 0 Å². The zero-order chi connectivity index (χ0) is 67.2. The molecule has 0 unspecified atom stereocenters. The number of aromatic amines is 2. The van der Waals surface area contributed by atoms with Crippen LogP contribution in [0, 0.1) is 116 Å². The molecule has 26 heteroatoms. The molecule has 0 aliphatic carbocycles. The number of hydrogen-bond acceptors (Lipinski definition) is 2. The molecule has 2 N–H and O–H groups in total. The molecular formula is C68H34BF20MnN4-3. The van der Waals surface area contributed by atoms with Crippen LogP contribution in [0.4, 0.5) is 87.8 Å². The monoisotopic (exact) mass is 1350 g/mol. The van der Waals surface area contributed by atoms with E-state index < -0.39 is 157 Å². The Morgan fingerprint density at radius 1 is 0.223 bits per heavy atom. The van der Waals surface area contributed by atoms with Crippen LogP contribution < -0.4 is 39.7 Å². The molecule has 8 bridgehead atoms. The van der Waals surface area contributed by atoms with Crippen LogP contribution in [0.25, 0.3) is 46.4 Å². The van der Waals surface area contributed by atoms with Crippen molar-refractivity contribution < 1.29 is 101 Å². The van der Waals surface area contributed by atoms with Crippen molar-refractivity contribution in [2.45, 2.75) is 0 Å². The molecular weight excluding hydrogens is 1320 g/mol. The number of halogens is 20. The molecule has 3 aromatic heterocycles. The quantitative estimate of drug-likeness (QED) is 0.0689. The van der Waals surface area contributed by atoms with Crippen LogP contribution in [0.3, 0.4) is 0 Å². The van der Waals surface area contributed by atoms with Gasteiger partial charge in [0, 0.05) is 22.1 Å². The summed E-state index contributed by atoms with van der Waals surface area (Å²) in [6, 6.07) is 60.4. The number of aromatic nitrogens is 4. The van der Waals surface area contributed by atoms with Gasteiger partial charge in [0.2, 0.25) is 0 Å². The molecule has 0 spiro atoms. The Kier molecular flexibility index (Phi) is 17.9. The van der Waals surface area contributed by atoms with Crippen LogP contribution in [0.1, 0.15) is 22.8 Å². The van der Waals surface area contributed by atoms with Crippen molar-refractivity contribution in [1.29, 1.82) is 0 Å². The van der Waals surface area contributed by atoms with Gasteiger partial charge in [-0.15, -0.1) is 21.9 Å². The summed E-state index contributed by atoms with van der Waals surface area (Å²) in [5, 5.41) is 0. The summed E-state index contributed by atoms with van der Waals surface area (Å²) in [6.45, 7) is 0. The summed E-state index contributed by atoms with van der Waals surface area (Å²) in [7, 11) is 0.